The molecule has 3 N–H and O–H groups in total. The molecule has 3 nitrogen and oxygen atoms in total. The van der Waals surface area contributed by atoms with E-state index in [2.05, 4.69) is 5.32 Å². The quantitative estimate of drug-likeness (QED) is 0.849. The van der Waals surface area contributed by atoms with Crippen molar-refractivity contribution in [1.29, 1.82) is 0 Å². The molecule has 0 aromatic heterocycles. The van der Waals surface area contributed by atoms with Gasteiger partial charge in [0.05, 0.1) is 11.3 Å². The van der Waals surface area contributed by atoms with Crippen molar-refractivity contribution < 1.29 is 18.0 Å². The third kappa shape index (κ3) is 2.90. The van der Waals surface area contributed by atoms with E-state index < -0.39 is 23.4 Å². The van der Waals surface area contributed by atoms with Crippen molar-refractivity contribution >= 4 is 11.6 Å². The average molecular weight is 280 g/mol. The molecule has 0 aliphatic carbocycles. The molecule has 0 atom stereocenters. The Balaban J connectivity index is 2.13. The molecule has 0 aliphatic rings. The second kappa shape index (κ2) is 5.64. The average Bonchev–Trinajstić information content (AvgIpc) is 2.42. The fourth-order valence-electron chi connectivity index (χ4n) is 1.68. The Kier molecular flexibility index (Phi) is 3.93. The molecule has 0 aliphatic heterocycles. The first kappa shape index (κ1) is 13.9. The molecule has 0 heterocycles. The zero-order chi connectivity index (χ0) is 14.7. The number of nitrogens with one attached hydrogen (secondary N) is 1. The predicted octanol–water partition coefficient (Wildman–Crippen LogP) is 2.62. The number of amides is 1. The number of hydrogen-bond acceptors (Lipinski definition) is 2. The van der Waals surface area contributed by atoms with E-state index >= 15 is 0 Å². The monoisotopic (exact) mass is 280 g/mol. The van der Waals surface area contributed by atoms with Crippen molar-refractivity contribution in [3.8, 4) is 0 Å². The number of carbonyl (C=O) groups is 1. The summed E-state index contributed by atoms with van der Waals surface area (Å²) in [6.07, 6.45) is 0. The molecule has 1 amide bonds. The Hall–Kier alpha value is -2.50. The van der Waals surface area contributed by atoms with E-state index in [1.165, 1.54) is 12.1 Å². The van der Waals surface area contributed by atoms with Crippen LogP contribution in [-0.4, -0.2) is 5.91 Å². The van der Waals surface area contributed by atoms with Gasteiger partial charge in [0.2, 0.25) is 0 Å². The van der Waals surface area contributed by atoms with Gasteiger partial charge in [-0.25, -0.2) is 13.2 Å². The van der Waals surface area contributed by atoms with E-state index in [4.69, 9.17) is 5.73 Å². The molecule has 20 heavy (non-hydrogen) atoms. The van der Waals surface area contributed by atoms with Crippen molar-refractivity contribution in [1.82, 2.24) is 5.32 Å². The lowest BCUT2D eigenvalue weighted by molar-refractivity contribution is 0.0951. The minimum absolute atomic E-state index is 0.00618. The van der Waals surface area contributed by atoms with Crippen LogP contribution in [0.15, 0.2) is 36.4 Å². The number of nitrogen functional groups attached to an aromatic ring is 1. The number of hydrogen-bond donors (Lipinski definition) is 2. The van der Waals surface area contributed by atoms with E-state index in [0.717, 1.165) is 24.3 Å². The normalized spacial score (nSPS) is 10.3. The summed E-state index contributed by atoms with van der Waals surface area (Å²) in [5, 5.41) is 2.36. The largest absolute Gasteiger partial charge is 0.396 e. The molecule has 0 saturated heterocycles. The summed E-state index contributed by atoms with van der Waals surface area (Å²) in [4.78, 5) is 11.8. The molecule has 0 bridgehead atoms. The van der Waals surface area contributed by atoms with Crippen LogP contribution in [0.1, 0.15) is 15.9 Å². The standard InChI is InChI=1S/C14H11F3N2O/c15-9-4-5-11(16)8(6-9)7-19-14(20)10-2-1-3-12(17)13(10)18/h1-6H,7,18H2,(H,19,20). The van der Waals surface area contributed by atoms with Crippen LogP contribution >= 0.6 is 0 Å². The Morgan fingerprint density at radius 1 is 1.10 bits per heavy atom. The van der Waals surface area contributed by atoms with Crippen molar-refractivity contribution in [3.63, 3.8) is 0 Å². The highest BCUT2D eigenvalue weighted by Crippen LogP contribution is 2.16. The van der Waals surface area contributed by atoms with E-state index in [-0.39, 0.29) is 23.4 Å². The van der Waals surface area contributed by atoms with Crippen molar-refractivity contribution in [2.24, 2.45) is 0 Å². The highest BCUT2D eigenvalue weighted by Gasteiger charge is 2.13. The van der Waals surface area contributed by atoms with Gasteiger partial charge in [-0.15, -0.1) is 0 Å². The summed E-state index contributed by atoms with van der Waals surface area (Å²) < 4.78 is 39.5. The van der Waals surface area contributed by atoms with Crippen molar-refractivity contribution in [2.45, 2.75) is 6.54 Å². The van der Waals surface area contributed by atoms with E-state index in [0.29, 0.717) is 0 Å². The molecule has 0 saturated carbocycles. The zero-order valence-corrected chi connectivity index (χ0v) is 10.3. The Morgan fingerprint density at radius 3 is 2.60 bits per heavy atom. The maximum Gasteiger partial charge on any atom is 0.253 e. The summed E-state index contributed by atoms with van der Waals surface area (Å²) in [6, 6.07) is 6.72. The SMILES string of the molecule is Nc1c(F)cccc1C(=O)NCc1cc(F)ccc1F. The fraction of sp³-hybridized carbons (Fsp3) is 0.0714. The van der Waals surface area contributed by atoms with Crippen LogP contribution in [0.25, 0.3) is 0 Å². The molecular formula is C14H11F3N2O. The van der Waals surface area contributed by atoms with Gasteiger partial charge < -0.3 is 11.1 Å². The lowest BCUT2D eigenvalue weighted by Gasteiger charge is -2.08. The Morgan fingerprint density at radius 2 is 1.85 bits per heavy atom. The highest BCUT2D eigenvalue weighted by atomic mass is 19.1. The number of para-hydroxylation sites is 1. The fourth-order valence-corrected chi connectivity index (χ4v) is 1.68. The highest BCUT2D eigenvalue weighted by molar-refractivity contribution is 5.99. The number of benzene rings is 2. The Bertz CT molecular complexity index is 659. The smallest absolute Gasteiger partial charge is 0.253 e. The zero-order valence-electron chi connectivity index (χ0n) is 10.3. The van der Waals surface area contributed by atoms with E-state index in [1.54, 1.807) is 0 Å². The summed E-state index contributed by atoms with van der Waals surface area (Å²) in [6.45, 7) is -0.224. The first-order chi connectivity index (χ1) is 9.49. The van der Waals surface area contributed by atoms with Gasteiger partial charge in [-0.3, -0.25) is 4.79 Å². The van der Waals surface area contributed by atoms with E-state index in [9.17, 15) is 18.0 Å². The number of carbonyl (C=O) groups excluding carboxylic acids is 1. The van der Waals surface area contributed by atoms with Crippen molar-refractivity contribution in [3.05, 3.63) is 65.0 Å². The molecule has 0 unspecified atom stereocenters. The number of halogens is 3. The van der Waals surface area contributed by atoms with Crippen LogP contribution in [0.3, 0.4) is 0 Å². The lowest BCUT2D eigenvalue weighted by Crippen LogP contribution is -2.24. The van der Waals surface area contributed by atoms with Crippen LogP contribution < -0.4 is 11.1 Å². The van der Waals surface area contributed by atoms with Crippen LogP contribution in [-0.2, 0) is 6.54 Å². The predicted molar refractivity (Wildman–Crippen MR) is 68.3 cm³/mol. The third-order valence-corrected chi connectivity index (χ3v) is 2.74. The molecule has 6 heteroatoms. The second-order valence-electron chi connectivity index (χ2n) is 4.12. The molecular weight excluding hydrogens is 269 g/mol. The van der Waals surface area contributed by atoms with Gasteiger partial charge in [-0.05, 0) is 30.3 Å². The first-order valence-electron chi connectivity index (χ1n) is 5.75. The molecule has 2 rings (SSSR count). The topological polar surface area (TPSA) is 55.1 Å². The van der Waals surface area contributed by atoms with Gasteiger partial charge in [0.25, 0.3) is 5.91 Å². The lowest BCUT2D eigenvalue weighted by atomic mass is 10.1. The van der Waals surface area contributed by atoms with Gasteiger partial charge in [-0.1, -0.05) is 6.07 Å². The number of nitrogens with two attached hydrogens (primary N) is 1. The van der Waals surface area contributed by atoms with Crippen LogP contribution in [0.4, 0.5) is 18.9 Å². The van der Waals surface area contributed by atoms with Gasteiger partial charge in [-0.2, -0.15) is 0 Å². The molecule has 0 spiro atoms. The summed E-state index contributed by atoms with van der Waals surface area (Å²) in [7, 11) is 0. The number of anilines is 1. The van der Waals surface area contributed by atoms with Gasteiger partial charge >= 0.3 is 0 Å². The maximum absolute atomic E-state index is 13.4. The van der Waals surface area contributed by atoms with Crippen LogP contribution in [0.5, 0.6) is 0 Å². The summed E-state index contributed by atoms with van der Waals surface area (Å²) in [5.74, 6) is -2.62. The molecule has 2 aromatic rings. The third-order valence-electron chi connectivity index (χ3n) is 2.74. The van der Waals surface area contributed by atoms with Gasteiger partial charge in [0.1, 0.15) is 17.5 Å². The Labute approximate surface area is 113 Å². The maximum atomic E-state index is 13.4. The molecule has 104 valence electrons. The number of rotatable bonds is 3. The minimum Gasteiger partial charge on any atom is -0.396 e. The summed E-state index contributed by atoms with van der Waals surface area (Å²) in [5.41, 5.74) is 5.09. The van der Waals surface area contributed by atoms with Crippen molar-refractivity contribution in [2.75, 3.05) is 5.73 Å². The summed E-state index contributed by atoms with van der Waals surface area (Å²) >= 11 is 0. The minimum atomic E-state index is -0.713. The first-order valence-corrected chi connectivity index (χ1v) is 5.75. The van der Waals surface area contributed by atoms with Crippen LogP contribution in [0.2, 0.25) is 0 Å². The van der Waals surface area contributed by atoms with E-state index in [1.807, 2.05) is 0 Å². The molecule has 2 aromatic carbocycles. The molecule has 0 fully saturated rings. The molecule has 0 radical (unpaired) electrons. The van der Waals surface area contributed by atoms with Gasteiger partial charge in [0.15, 0.2) is 0 Å². The van der Waals surface area contributed by atoms with Gasteiger partial charge in [0, 0.05) is 12.1 Å². The van der Waals surface area contributed by atoms with Crippen LogP contribution in [0, 0.1) is 17.5 Å². The second-order valence-corrected chi connectivity index (χ2v) is 4.12.